The molecule has 28 heavy (non-hydrogen) atoms. The molecule has 0 aliphatic rings. The molecule has 10 heteroatoms. The van der Waals surface area contributed by atoms with E-state index in [4.69, 9.17) is 11.6 Å². The molecule has 1 aromatic carbocycles. The minimum atomic E-state index is -4.72. The molecule has 0 spiro atoms. The summed E-state index contributed by atoms with van der Waals surface area (Å²) in [6.45, 7) is 3.64. The zero-order valence-corrected chi connectivity index (χ0v) is 17.2. The summed E-state index contributed by atoms with van der Waals surface area (Å²) in [6, 6.07) is 7.35. The van der Waals surface area contributed by atoms with Crippen molar-refractivity contribution in [3.8, 4) is 11.3 Å². The van der Waals surface area contributed by atoms with Gasteiger partial charge in [-0.05, 0) is 31.5 Å². The first-order valence-corrected chi connectivity index (χ1v) is 9.52. The van der Waals surface area contributed by atoms with Crippen LogP contribution in [0.4, 0.5) is 13.2 Å². The number of nitrogens with one attached hydrogen (secondary N) is 1. The van der Waals surface area contributed by atoms with E-state index in [0.717, 1.165) is 10.5 Å². The average Bonchev–Trinajstić information content (AvgIpc) is 2.97. The second-order valence-corrected chi connectivity index (χ2v) is 7.51. The first-order valence-electron chi connectivity index (χ1n) is 8.35. The van der Waals surface area contributed by atoms with Crippen molar-refractivity contribution in [1.82, 2.24) is 19.9 Å². The molecule has 1 unspecified atom stereocenters. The van der Waals surface area contributed by atoms with Gasteiger partial charge in [0.1, 0.15) is 5.02 Å². The largest absolute Gasteiger partial charge is 0.433 e. The van der Waals surface area contributed by atoms with Crippen molar-refractivity contribution >= 4 is 39.1 Å². The highest BCUT2D eigenvalue weighted by Crippen LogP contribution is 2.34. The molecular weight excluding hydrogens is 461 g/mol. The molecule has 0 saturated carbocycles. The van der Waals surface area contributed by atoms with Crippen molar-refractivity contribution in [1.29, 1.82) is 0 Å². The Morgan fingerprint density at radius 3 is 2.54 bits per heavy atom. The number of hydrogen-bond donors (Lipinski definition) is 1. The van der Waals surface area contributed by atoms with Crippen molar-refractivity contribution in [2.45, 2.75) is 32.5 Å². The molecule has 5 nitrogen and oxygen atoms in total. The Morgan fingerprint density at radius 2 is 1.96 bits per heavy atom. The van der Waals surface area contributed by atoms with Crippen LogP contribution in [0.1, 0.15) is 36.5 Å². The smallest absolute Gasteiger partial charge is 0.348 e. The highest BCUT2D eigenvalue weighted by molar-refractivity contribution is 9.10. The van der Waals surface area contributed by atoms with Gasteiger partial charge >= 0.3 is 6.18 Å². The number of amides is 1. The van der Waals surface area contributed by atoms with Gasteiger partial charge < -0.3 is 5.32 Å². The second kappa shape index (κ2) is 7.71. The first kappa shape index (κ1) is 20.6. The summed E-state index contributed by atoms with van der Waals surface area (Å²) in [7, 11) is 0. The number of alkyl halides is 3. The standard InChI is InChI=1S/C18H15BrClF3N4O/c1-3-9(2)24-17(28)15-14(20)16-25-12(10-4-6-11(19)7-5-10)8-13(18(21,22)23)27(16)26-15/h4-9H,3H2,1-2H3,(H,24,28). The number of nitrogens with zero attached hydrogens (tertiary/aromatic N) is 3. The number of carbonyl (C=O) groups excluding carboxylic acids is 1. The van der Waals surface area contributed by atoms with Gasteiger partial charge in [-0.2, -0.15) is 18.3 Å². The molecule has 2 aromatic heterocycles. The van der Waals surface area contributed by atoms with Crippen LogP contribution in [0.3, 0.4) is 0 Å². The first-order chi connectivity index (χ1) is 13.1. The van der Waals surface area contributed by atoms with Gasteiger partial charge in [0.25, 0.3) is 5.91 Å². The van der Waals surface area contributed by atoms with E-state index < -0.39 is 17.8 Å². The molecule has 3 aromatic rings. The summed E-state index contributed by atoms with van der Waals surface area (Å²) >= 11 is 9.48. The van der Waals surface area contributed by atoms with Crippen LogP contribution in [0, 0.1) is 0 Å². The Labute approximate surface area is 172 Å². The Balaban J connectivity index is 2.21. The van der Waals surface area contributed by atoms with Gasteiger partial charge in [0.2, 0.25) is 0 Å². The third-order valence-corrected chi connectivity index (χ3v) is 5.04. The normalized spacial score (nSPS) is 13.0. The Bertz CT molecular complexity index is 1030. The lowest BCUT2D eigenvalue weighted by Gasteiger charge is -2.11. The lowest BCUT2D eigenvalue weighted by molar-refractivity contribution is -0.142. The number of benzene rings is 1. The molecule has 0 bridgehead atoms. The molecule has 148 valence electrons. The number of hydrogen-bond acceptors (Lipinski definition) is 3. The maximum absolute atomic E-state index is 13.6. The van der Waals surface area contributed by atoms with Crippen molar-refractivity contribution in [2.24, 2.45) is 0 Å². The lowest BCUT2D eigenvalue weighted by atomic mass is 10.1. The van der Waals surface area contributed by atoms with Gasteiger partial charge in [0.15, 0.2) is 17.0 Å². The number of carbonyl (C=O) groups is 1. The molecule has 0 saturated heterocycles. The van der Waals surface area contributed by atoms with Crippen LogP contribution >= 0.6 is 27.5 Å². The zero-order valence-electron chi connectivity index (χ0n) is 14.8. The van der Waals surface area contributed by atoms with Crippen LogP contribution in [0.25, 0.3) is 16.9 Å². The maximum atomic E-state index is 13.6. The third kappa shape index (κ3) is 4.00. The van der Waals surface area contributed by atoms with Gasteiger partial charge in [-0.15, -0.1) is 0 Å². The molecule has 0 aliphatic heterocycles. The fourth-order valence-electron chi connectivity index (χ4n) is 2.50. The van der Waals surface area contributed by atoms with E-state index in [1.54, 1.807) is 31.2 Å². The number of halogens is 5. The second-order valence-electron chi connectivity index (χ2n) is 6.21. The fourth-order valence-corrected chi connectivity index (χ4v) is 3.01. The Hall–Kier alpha value is -2.13. The average molecular weight is 476 g/mol. The predicted molar refractivity (Wildman–Crippen MR) is 103 cm³/mol. The highest BCUT2D eigenvalue weighted by atomic mass is 79.9. The molecule has 0 fully saturated rings. The van der Waals surface area contributed by atoms with E-state index >= 15 is 0 Å². The van der Waals surface area contributed by atoms with Crippen LogP contribution in [0.5, 0.6) is 0 Å². The fraction of sp³-hybridized carbons (Fsp3) is 0.278. The minimum Gasteiger partial charge on any atom is -0.348 e. The molecule has 2 heterocycles. The molecular formula is C18H15BrClF3N4O. The quantitative estimate of drug-likeness (QED) is 0.553. The van der Waals surface area contributed by atoms with Crippen LogP contribution in [0.15, 0.2) is 34.8 Å². The van der Waals surface area contributed by atoms with Crippen molar-refractivity contribution < 1.29 is 18.0 Å². The summed E-state index contributed by atoms with van der Waals surface area (Å²) in [5.41, 5.74) is -1.06. The van der Waals surface area contributed by atoms with Gasteiger partial charge in [0, 0.05) is 16.1 Å². The summed E-state index contributed by atoms with van der Waals surface area (Å²) in [5, 5.41) is 6.21. The van der Waals surface area contributed by atoms with Crippen molar-refractivity contribution in [2.75, 3.05) is 0 Å². The molecule has 0 aliphatic carbocycles. The monoisotopic (exact) mass is 474 g/mol. The van der Waals surface area contributed by atoms with Gasteiger partial charge in [-0.3, -0.25) is 4.79 Å². The zero-order chi connectivity index (χ0) is 20.6. The molecule has 1 atom stereocenters. The van der Waals surface area contributed by atoms with Crippen LogP contribution < -0.4 is 5.32 Å². The lowest BCUT2D eigenvalue weighted by Crippen LogP contribution is -2.32. The summed E-state index contributed by atoms with van der Waals surface area (Å²) in [6.07, 6.45) is -4.07. The van der Waals surface area contributed by atoms with Crippen molar-refractivity contribution in [3.05, 3.63) is 51.2 Å². The van der Waals surface area contributed by atoms with Gasteiger partial charge in [-0.25, -0.2) is 9.50 Å². The van der Waals surface area contributed by atoms with E-state index in [1.807, 2.05) is 6.92 Å². The van der Waals surface area contributed by atoms with Gasteiger partial charge in [0.05, 0.1) is 5.69 Å². The topological polar surface area (TPSA) is 59.3 Å². The predicted octanol–water partition coefficient (Wildman–Crippen LogP) is 5.36. The van der Waals surface area contributed by atoms with E-state index in [0.29, 0.717) is 16.5 Å². The molecule has 0 radical (unpaired) electrons. The summed E-state index contributed by atoms with van der Waals surface area (Å²) in [5.74, 6) is -0.650. The van der Waals surface area contributed by atoms with Crippen molar-refractivity contribution in [3.63, 3.8) is 0 Å². The Morgan fingerprint density at radius 1 is 1.32 bits per heavy atom. The third-order valence-electron chi connectivity index (χ3n) is 4.17. The number of fused-ring (bicyclic) bond motifs is 1. The summed E-state index contributed by atoms with van der Waals surface area (Å²) < 4.78 is 42.3. The SMILES string of the molecule is CCC(C)NC(=O)c1nn2c(C(F)(F)F)cc(-c3ccc(Br)cc3)nc2c1Cl. The van der Waals surface area contributed by atoms with Crippen LogP contribution in [-0.4, -0.2) is 26.5 Å². The van der Waals surface area contributed by atoms with E-state index in [-0.39, 0.29) is 28.1 Å². The minimum absolute atomic E-state index is 0.0722. The van der Waals surface area contributed by atoms with E-state index in [1.165, 1.54) is 0 Å². The van der Waals surface area contributed by atoms with Gasteiger partial charge in [-0.1, -0.05) is 46.6 Å². The van der Waals surface area contributed by atoms with Crippen LogP contribution in [-0.2, 0) is 6.18 Å². The van der Waals surface area contributed by atoms with E-state index in [2.05, 4.69) is 31.3 Å². The number of aromatic nitrogens is 3. The summed E-state index contributed by atoms with van der Waals surface area (Å²) in [4.78, 5) is 16.6. The maximum Gasteiger partial charge on any atom is 0.433 e. The Kier molecular flexibility index (Phi) is 5.67. The van der Waals surface area contributed by atoms with Crippen LogP contribution in [0.2, 0.25) is 5.02 Å². The highest BCUT2D eigenvalue weighted by Gasteiger charge is 2.36. The van der Waals surface area contributed by atoms with E-state index in [9.17, 15) is 18.0 Å². The molecule has 3 rings (SSSR count). The number of rotatable bonds is 4. The molecule has 1 N–H and O–H groups in total. The molecule has 1 amide bonds.